The first-order valence-corrected chi connectivity index (χ1v) is 13.5. The van der Waals surface area contributed by atoms with Crippen LogP contribution in [0.25, 0.3) is 28.2 Å². The fourth-order valence-corrected chi connectivity index (χ4v) is 5.15. The van der Waals surface area contributed by atoms with Crippen molar-refractivity contribution >= 4 is 23.3 Å². The van der Waals surface area contributed by atoms with Crippen molar-refractivity contribution in [1.29, 1.82) is 0 Å². The predicted octanol–water partition coefficient (Wildman–Crippen LogP) is 4.98. The minimum atomic E-state index is -0.887. The minimum absolute atomic E-state index is 0.138. The average molecular weight is 595 g/mol. The van der Waals surface area contributed by atoms with E-state index < -0.39 is 23.5 Å². The number of anilines is 1. The van der Waals surface area contributed by atoms with Gasteiger partial charge in [-0.25, -0.2) is 13.8 Å². The Labute approximate surface area is 247 Å². The normalized spacial score (nSPS) is 12.8. The molecule has 0 aliphatic carbocycles. The number of halogens is 3. The van der Waals surface area contributed by atoms with Crippen molar-refractivity contribution in [3.8, 4) is 22.5 Å². The standard InChI is InChI=1S/C31H21F3N8O2/c32-21-5-1-18(2-6-21)27-26(24-17-40(15-16-41(24)39-27)31(44)20-3-7-22(33)8-4-20)23-9-10-25-36-29(28(34)42(25)38-23)37-30(43)19-11-13-35-14-12-19/h1-14H,15-17H2,(H,37,43). The lowest BCUT2D eigenvalue weighted by atomic mass is 10.0. The number of nitrogens with zero attached hydrogens (tertiary/aromatic N) is 7. The van der Waals surface area contributed by atoms with Crippen molar-refractivity contribution in [3.05, 3.63) is 120 Å². The van der Waals surface area contributed by atoms with Crippen molar-refractivity contribution in [2.24, 2.45) is 0 Å². The molecule has 7 rings (SSSR count). The summed E-state index contributed by atoms with van der Waals surface area (Å²) in [6.45, 7) is 0.832. The van der Waals surface area contributed by atoms with Crippen LogP contribution in [0.15, 0.2) is 85.2 Å². The molecule has 0 unspecified atom stereocenters. The summed E-state index contributed by atoms with van der Waals surface area (Å²) in [5.41, 5.74) is 3.29. The molecule has 0 atom stereocenters. The van der Waals surface area contributed by atoms with Gasteiger partial charge in [0, 0.05) is 35.6 Å². The lowest BCUT2D eigenvalue weighted by Gasteiger charge is -2.28. The third-order valence-electron chi connectivity index (χ3n) is 7.33. The highest BCUT2D eigenvalue weighted by Gasteiger charge is 2.30. The van der Waals surface area contributed by atoms with E-state index in [1.807, 2.05) is 0 Å². The van der Waals surface area contributed by atoms with Crippen molar-refractivity contribution in [2.45, 2.75) is 13.1 Å². The van der Waals surface area contributed by atoms with Crippen molar-refractivity contribution in [3.63, 3.8) is 0 Å². The minimum Gasteiger partial charge on any atom is -0.331 e. The molecule has 6 aromatic rings. The number of rotatable bonds is 5. The van der Waals surface area contributed by atoms with E-state index in [1.165, 1.54) is 60.9 Å². The smallest absolute Gasteiger partial charge is 0.259 e. The Bertz CT molecular complexity index is 2040. The quantitative estimate of drug-likeness (QED) is 0.302. The molecular weight excluding hydrogens is 573 g/mol. The van der Waals surface area contributed by atoms with E-state index >= 15 is 4.39 Å². The first-order chi connectivity index (χ1) is 21.4. The molecular formula is C31H21F3N8O2. The van der Waals surface area contributed by atoms with Crippen LogP contribution in [0, 0.1) is 17.6 Å². The van der Waals surface area contributed by atoms with E-state index in [2.05, 4.69) is 20.4 Å². The van der Waals surface area contributed by atoms with Crippen molar-refractivity contribution in [2.75, 3.05) is 11.9 Å². The SMILES string of the molecule is O=C(Nc1nc2ccc(-c3c(-c4ccc(F)cc4)nn4c3CN(C(=O)c3ccc(F)cc3)CC4)nn2c1F)c1ccncc1. The molecule has 218 valence electrons. The van der Waals surface area contributed by atoms with Gasteiger partial charge in [0.25, 0.3) is 17.8 Å². The van der Waals surface area contributed by atoms with Gasteiger partial charge in [-0.1, -0.05) is 0 Å². The summed E-state index contributed by atoms with van der Waals surface area (Å²) in [5, 5.41) is 11.8. The first kappa shape index (κ1) is 27.0. The van der Waals surface area contributed by atoms with E-state index in [-0.39, 0.29) is 29.5 Å². The van der Waals surface area contributed by atoms with Crippen LogP contribution in [-0.2, 0) is 13.1 Å². The third kappa shape index (κ3) is 4.83. The van der Waals surface area contributed by atoms with Gasteiger partial charge in [0.2, 0.25) is 0 Å². The van der Waals surface area contributed by atoms with Crippen LogP contribution in [0.2, 0.25) is 0 Å². The number of carbonyl (C=O) groups is 2. The summed E-state index contributed by atoms with van der Waals surface area (Å²) in [6.07, 6.45) is 2.89. The lowest BCUT2D eigenvalue weighted by molar-refractivity contribution is 0.0706. The van der Waals surface area contributed by atoms with Gasteiger partial charge in [0.15, 0.2) is 11.5 Å². The topological polar surface area (TPSA) is 110 Å². The second kappa shape index (κ2) is 10.8. The molecule has 1 N–H and O–H groups in total. The summed E-state index contributed by atoms with van der Waals surface area (Å²) < 4.78 is 45.6. The Balaban J connectivity index is 1.30. The van der Waals surface area contributed by atoms with Gasteiger partial charge in [-0.05, 0) is 72.8 Å². The lowest BCUT2D eigenvalue weighted by Crippen LogP contribution is -2.38. The molecule has 0 spiro atoms. The molecule has 1 aliphatic rings. The predicted molar refractivity (Wildman–Crippen MR) is 153 cm³/mol. The number of amides is 2. The molecule has 1 aliphatic heterocycles. The Hall–Kier alpha value is -5.85. The average Bonchev–Trinajstić information content (AvgIpc) is 3.58. The van der Waals surface area contributed by atoms with Gasteiger partial charge >= 0.3 is 0 Å². The van der Waals surface area contributed by atoms with E-state index in [0.29, 0.717) is 46.9 Å². The van der Waals surface area contributed by atoms with Gasteiger partial charge in [0.05, 0.1) is 30.0 Å². The highest BCUT2D eigenvalue weighted by Crippen LogP contribution is 2.36. The number of hydrogen-bond acceptors (Lipinski definition) is 6. The highest BCUT2D eigenvalue weighted by molar-refractivity contribution is 6.03. The number of fused-ring (bicyclic) bond motifs is 2. The molecule has 4 aromatic heterocycles. The Morgan fingerprint density at radius 3 is 2.20 bits per heavy atom. The monoisotopic (exact) mass is 594 g/mol. The molecule has 2 aromatic carbocycles. The summed E-state index contributed by atoms with van der Waals surface area (Å²) in [5.74, 6) is -2.91. The number of hydrogen-bond donors (Lipinski definition) is 1. The van der Waals surface area contributed by atoms with Crippen LogP contribution in [0.5, 0.6) is 0 Å². The Kier molecular flexibility index (Phi) is 6.61. The largest absolute Gasteiger partial charge is 0.331 e. The fourth-order valence-electron chi connectivity index (χ4n) is 5.15. The van der Waals surface area contributed by atoms with Crippen LogP contribution in [-0.4, -0.2) is 52.6 Å². The molecule has 0 bridgehead atoms. The van der Waals surface area contributed by atoms with Gasteiger partial charge < -0.3 is 10.2 Å². The molecule has 0 saturated carbocycles. The zero-order valence-electron chi connectivity index (χ0n) is 22.8. The van der Waals surface area contributed by atoms with E-state index in [1.54, 1.807) is 33.8 Å². The van der Waals surface area contributed by atoms with Crippen LogP contribution in [0.4, 0.5) is 19.0 Å². The van der Waals surface area contributed by atoms with Crippen molar-refractivity contribution in [1.82, 2.24) is 34.3 Å². The van der Waals surface area contributed by atoms with Crippen LogP contribution >= 0.6 is 0 Å². The maximum atomic E-state index is 15.6. The van der Waals surface area contributed by atoms with Gasteiger partial charge in [-0.3, -0.25) is 19.3 Å². The molecule has 10 nitrogen and oxygen atoms in total. The second-order valence-corrected chi connectivity index (χ2v) is 10.1. The Morgan fingerprint density at radius 1 is 0.773 bits per heavy atom. The summed E-state index contributed by atoms with van der Waals surface area (Å²) >= 11 is 0. The van der Waals surface area contributed by atoms with E-state index in [4.69, 9.17) is 5.10 Å². The maximum absolute atomic E-state index is 15.6. The molecule has 0 saturated heterocycles. The van der Waals surface area contributed by atoms with Crippen LogP contribution in [0.3, 0.4) is 0 Å². The summed E-state index contributed by atoms with van der Waals surface area (Å²) in [7, 11) is 0. The number of aromatic nitrogens is 6. The van der Waals surface area contributed by atoms with E-state index in [0.717, 1.165) is 4.52 Å². The molecule has 5 heterocycles. The Morgan fingerprint density at radius 2 is 1.48 bits per heavy atom. The van der Waals surface area contributed by atoms with Gasteiger partial charge in [0.1, 0.15) is 17.3 Å². The summed E-state index contributed by atoms with van der Waals surface area (Å²) in [6, 6.07) is 17.3. The van der Waals surface area contributed by atoms with E-state index in [9.17, 15) is 18.4 Å². The second-order valence-electron chi connectivity index (χ2n) is 10.1. The molecule has 0 fully saturated rings. The zero-order chi connectivity index (χ0) is 30.4. The van der Waals surface area contributed by atoms with Gasteiger partial charge in [-0.15, -0.1) is 0 Å². The first-order valence-electron chi connectivity index (χ1n) is 13.5. The van der Waals surface area contributed by atoms with Crippen molar-refractivity contribution < 1.29 is 22.8 Å². The number of nitrogens with one attached hydrogen (secondary N) is 1. The summed E-state index contributed by atoms with van der Waals surface area (Å²) in [4.78, 5) is 35.6. The number of pyridine rings is 1. The fraction of sp³-hybridized carbons (Fsp3) is 0.0968. The van der Waals surface area contributed by atoms with Crippen LogP contribution in [0.1, 0.15) is 26.4 Å². The van der Waals surface area contributed by atoms with Gasteiger partial charge in [-0.2, -0.15) is 19.1 Å². The van der Waals surface area contributed by atoms with Crippen LogP contribution < -0.4 is 5.32 Å². The molecule has 44 heavy (non-hydrogen) atoms. The number of carbonyl (C=O) groups excluding carboxylic acids is 2. The number of benzene rings is 2. The molecule has 0 radical (unpaired) electrons. The number of imidazole rings is 1. The highest BCUT2D eigenvalue weighted by atomic mass is 19.1. The third-order valence-corrected chi connectivity index (χ3v) is 7.33. The molecule has 2 amide bonds. The maximum Gasteiger partial charge on any atom is 0.259 e. The zero-order valence-corrected chi connectivity index (χ0v) is 22.8. The molecule has 13 heteroatoms.